The van der Waals surface area contributed by atoms with E-state index in [1.165, 1.54) is 18.3 Å². The summed E-state index contributed by atoms with van der Waals surface area (Å²) >= 11 is 0. The summed E-state index contributed by atoms with van der Waals surface area (Å²) < 4.78 is 61.7. The van der Waals surface area contributed by atoms with Crippen LogP contribution in [0.2, 0.25) is 0 Å². The Kier molecular flexibility index (Phi) is 6.51. The first-order valence-electron chi connectivity index (χ1n) is 12.9. The standard InChI is InChI=1S/C27H28F4N4O3/c28-21-12-32-25-24(20-11-17(3-6-22(20)34-25)33-18-13-37-14-18)23(21)15-7-9-35(10-8-15)26(36)16-1-4-19(5-2-16)38-27(29,30)31/h1-2,4-5,12,15,17-18,33H,3,6-11,13-14H2,(H,32,34). The average molecular weight is 533 g/mol. The third kappa shape index (κ3) is 4.96. The Morgan fingerprint density at radius 1 is 1.11 bits per heavy atom. The smallest absolute Gasteiger partial charge is 0.406 e. The van der Waals surface area contributed by atoms with E-state index in [1.807, 2.05) is 0 Å². The number of aromatic nitrogens is 2. The van der Waals surface area contributed by atoms with Crippen LogP contribution >= 0.6 is 0 Å². The molecular weight excluding hydrogens is 504 g/mol. The SMILES string of the molecule is O=C(c1ccc(OC(F)(F)F)cc1)N1CCC(c2c(F)cnc3[nH]c4c(c23)CC(NC2COC2)CC4)CC1. The summed E-state index contributed by atoms with van der Waals surface area (Å²) in [5, 5.41) is 4.53. The molecule has 1 unspecified atom stereocenters. The van der Waals surface area contributed by atoms with Gasteiger partial charge in [0.1, 0.15) is 17.2 Å². The van der Waals surface area contributed by atoms with Gasteiger partial charge in [-0.3, -0.25) is 4.79 Å². The van der Waals surface area contributed by atoms with Crippen molar-refractivity contribution >= 4 is 16.9 Å². The molecule has 2 saturated heterocycles. The number of carbonyl (C=O) groups is 1. The Balaban J connectivity index is 1.17. The molecule has 1 aromatic carbocycles. The van der Waals surface area contributed by atoms with Gasteiger partial charge in [-0.25, -0.2) is 9.37 Å². The molecule has 1 atom stereocenters. The number of likely N-dealkylation sites (tertiary alicyclic amines) is 1. The van der Waals surface area contributed by atoms with Crippen LogP contribution in [0.1, 0.15) is 52.4 Å². The summed E-state index contributed by atoms with van der Waals surface area (Å²) in [6.07, 6.45) is 0.326. The number of hydrogen-bond donors (Lipinski definition) is 2. The van der Waals surface area contributed by atoms with Gasteiger partial charge >= 0.3 is 6.36 Å². The minimum absolute atomic E-state index is 0.0691. The number of aromatic amines is 1. The molecule has 0 saturated carbocycles. The second-order valence-electron chi connectivity index (χ2n) is 10.3. The van der Waals surface area contributed by atoms with E-state index in [9.17, 15) is 18.0 Å². The highest BCUT2D eigenvalue weighted by Gasteiger charge is 2.33. The quantitative estimate of drug-likeness (QED) is 0.475. The lowest BCUT2D eigenvalue weighted by Gasteiger charge is -2.34. The maximum atomic E-state index is 15.3. The maximum absolute atomic E-state index is 15.3. The molecule has 4 heterocycles. The number of H-pyrrole nitrogens is 1. The van der Waals surface area contributed by atoms with Gasteiger partial charge in [-0.15, -0.1) is 13.2 Å². The van der Waals surface area contributed by atoms with E-state index in [2.05, 4.69) is 20.0 Å². The minimum Gasteiger partial charge on any atom is -0.406 e. The van der Waals surface area contributed by atoms with Crippen molar-refractivity contribution in [1.82, 2.24) is 20.2 Å². The molecule has 11 heteroatoms. The number of piperidine rings is 1. The zero-order chi connectivity index (χ0) is 26.4. The van der Waals surface area contributed by atoms with Gasteiger partial charge in [0.05, 0.1) is 25.5 Å². The first kappa shape index (κ1) is 25.1. The highest BCUT2D eigenvalue weighted by Crippen LogP contribution is 2.39. The summed E-state index contributed by atoms with van der Waals surface area (Å²) in [6, 6.07) is 5.59. The van der Waals surface area contributed by atoms with Crippen molar-refractivity contribution < 1.29 is 31.8 Å². The van der Waals surface area contributed by atoms with Crippen LogP contribution in [0.5, 0.6) is 5.75 Å². The van der Waals surface area contributed by atoms with Crippen molar-refractivity contribution in [2.45, 2.75) is 56.5 Å². The molecule has 3 aromatic rings. The fourth-order valence-electron chi connectivity index (χ4n) is 5.94. The van der Waals surface area contributed by atoms with Gasteiger partial charge in [-0.2, -0.15) is 0 Å². The Morgan fingerprint density at radius 3 is 2.50 bits per heavy atom. The Hall–Kier alpha value is -3.18. The lowest BCUT2D eigenvalue weighted by molar-refractivity contribution is -0.274. The van der Waals surface area contributed by atoms with E-state index < -0.39 is 6.36 Å². The fourth-order valence-corrected chi connectivity index (χ4v) is 5.94. The van der Waals surface area contributed by atoms with Gasteiger partial charge in [0.25, 0.3) is 5.91 Å². The summed E-state index contributed by atoms with van der Waals surface area (Å²) in [7, 11) is 0. The Labute approximate surface area is 216 Å². The summed E-state index contributed by atoms with van der Waals surface area (Å²) in [4.78, 5) is 22.4. The summed E-state index contributed by atoms with van der Waals surface area (Å²) in [5.41, 5.74) is 3.91. The van der Waals surface area contributed by atoms with Crippen LogP contribution in [0.3, 0.4) is 0 Å². The fraction of sp³-hybridized carbons (Fsp3) is 0.481. The first-order chi connectivity index (χ1) is 18.2. The zero-order valence-electron chi connectivity index (χ0n) is 20.6. The molecule has 0 radical (unpaired) electrons. The van der Waals surface area contributed by atoms with Crippen LogP contribution in [0.25, 0.3) is 11.0 Å². The van der Waals surface area contributed by atoms with Crippen molar-refractivity contribution in [2.24, 2.45) is 0 Å². The number of carbonyl (C=O) groups excluding carboxylic acids is 1. The summed E-state index contributed by atoms with van der Waals surface area (Å²) in [5.74, 6) is -1.04. The third-order valence-corrected chi connectivity index (χ3v) is 7.83. The molecule has 2 aromatic heterocycles. The van der Waals surface area contributed by atoms with Crippen LogP contribution in [-0.2, 0) is 17.6 Å². The highest BCUT2D eigenvalue weighted by molar-refractivity contribution is 5.94. The maximum Gasteiger partial charge on any atom is 0.573 e. The van der Waals surface area contributed by atoms with Gasteiger partial charge < -0.3 is 24.7 Å². The van der Waals surface area contributed by atoms with Crippen LogP contribution in [0.15, 0.2) is 30.5 Å². The van der Waals surface area contributed by atoms with Gasteiger partial charge in [-0.05, 0) is 67.9 Å². The molecule has 0 bridgehead atoms. The van der Waals surface area contributed by atoms with Crippen LogP contribution in [0.4, 0.5) is 17.6 Å². The van der Waals surface area contributed by atoms with Gasteiger partial charge in [0.2, 0.25) is 0 Å². The normalized spacial score (nSPS) is 20.8. The second kappa shape index (κ2) is 9.85. The molecule has 3 aliphatic rings. The molecule has 0 spiro atoms. The number of ether oxygens (including phenoxy) is 2. The number of rotatable bonds is 5. The van der Waals surface area contributed by atoms with Crippen LogP contribution in [0, 0.1) is 5.82 Å². The molecule has 6 rings (SSSR count). The zero-order valence-corrected chi connectivity index (χ0v) is 20.6. The van der Waals surface area contributed by atoms with E-state index in [0.29, 0.717) is 49.2 Å². The number of benzene rings is 1. The molecule has 1 aliphatic carbocycles. The van der Waals surface area contributed by atoms with Gasteiger partial charge in [-0.1, -0.05) is 0 Å². The van der Waals surface area contributed by atoms with Gasteiger partial charge in [0.15, 0.2) is 0 Å². The van der Waals surface area contributed by atoms with E-state index in [1.54, 1.807) is 4.90 Å². The Bertz CT molecular complexity index is 1330. The number of hydrogen-bond acceptors (Lipinski definition) is 5. The number of halogens is 4. The summed E-state index contributed by atoms with van der Waals surface area (Å²) in [6.45, 7) is 2.29. The predicted octanol–water partition coefficient (Wildman–Crippen LogP) is 4.47. The topological polar surface area (TPSA) is 79.5 Å². The lowest BCUT2D eigenvalue weighted by Crippen LogP contribution is -2.51. The predicted molar refractivity (Wildman–Crippen MR) is 131 cm³/mol. The molecule has 1 amide bonds. The second-order valence-corrected chi connectivity index (χ2v) is 10.3. The van der Waals surface area contributed by atoms with Crippen LogP contribution < -0.4 is 10.1 Å². The lowest BCUT2D eigenvalue weighted by atomic mass is 9.84. The Morgan fingerprint density at radius 2 is 1.84 bits per heavy atom. The third-order valence-electron chi connectivity index (χ3n) is 7.83. The van der Waals surface area contributed by atoms with Gasteiger partial charge in [0, 0.05) is 41.3 Å². The number of nitrogens with one attached hydrogen (secondary N) is 2. The van der Waals surface area contributed by atoms with Crippen molar-refractivity contribution in [3.05, 3.63) is 58.7 Å². The average Bonchev–Trinajstić information content (AvgIpc) is 3.23. The number of nitrogens with zero attached hydrogens (tertiary/aromatic N) is 2. The molecule has 7 nitrogen and oxygen atoms in total. The monoisotopic (exact) mass is 532 g/mol. The number of aryl methyl sites for hydroxylation is 1. The van der Waals surface area contributed by atoms with E-state index >= 15 is 4.39 Å². The number of pyridine rings is 1. The van der Waals surface area contributed by atoms with E-state index in [0.717, 1.165) is 61.3 Å². The number of amides is 1. The number of alkyl halides is 3. The van der Waals surface area contributed by atoms with E-state index in [-0.39, 0.29) is 29.0 Å². The van der Waals surface area contributed by atoms with Crippen molar-refractivity contribution in [2.75, 3.05) is 26.3 Å². The number of fused-ring (bicyclic) bond motifs is 3. The minimum atomic E-state index is -4.79. The largest absolute Gasteiger partial charge is 0.573 e. The first-order valence-corrected chi connectivity index (χ1v) is 12.9. The molecule has 2 N–H and O–H groups in total. The van der Waals surface area contributed by atoms with Crippen molar-refractivity contribution in [3.63, 3.8) is 0 Å². The van der Waals surface area contributed by atoms with Crippen molar-refractivity contribution in [1.29, 1.82) is 0 Å². The van der Waals surface area contributed by atoms with Crippen molar-refractivity contribution in [3.8, 4) is 5.75 Å². The highest BCUT2D eigenvalue weighted by atomic mass is 19.4. The molecule has 2 aliphatic heterocycles. The van der Waals surface area contributed by atoms with Crippen LogP contribution in [-0.4, -0.2) is 65.5 Å². The van der Waals surface area contributed by atoms with E-state index in [4.69, 9.17) is 4.74 Å². The molecular formula is C27H28F4N4O3. The molecule has 38 heavy (non-hydrogen) atoms. The molecule has 202 valence electrons. The molecule has 2 fully saturated rings.